The van der Waals surface area contributed by atoms with Crippen molar-refractivity contribution in [1.29, 1.82) is 0 Å². The minimum atomic E-state index is -4.19. The zero-order chi connectivity index (χ0) is 15.3. The van der Waals surface area contributed by atoms with Crippen molar-refractivity contribution < 1.29 is 18.0 Å². The fourth-order valence-electron chi connectivity index (χ4n) is 2.31. The maximum absolute atomic E-state index is 12.4. The lowest BCUT2D eigenvalue weighted by Crippen LogP contribution is -2.48. The summed E-state index contributed by atoms with van der Waals surface area (Å²) in [5.74, 6) is -0.0646. The van der Waals surface area contributed by atoms with E-state index in [9.17, 15) is 18.0 Å². The Morgan fingerprint density at radius 1 is 1.25 bits per heavy atom. The molecule has 1 rings (SSSR count). The Morgan fingerprint density at radius 3 is 2.45 bits per heavy atom. The SMILES string of the molecule is CCC(C)C(N)C(=O)N1CCCN(CC(F)(F)F)CC1. The summed E-state index contributed by atoms with van der Waals surface area (Å²) >= 11 is 0. The van der Waals surface area contributed by atoms with Gasteiger partial charge in [0.1, 0.15) is 0 Å². The van der Waals surface area contributed by atoms with Gasteiger partial charge in [-0.25, -0.2) is 0 Å². The maximum atomic E-state index is 12.4. The van der Waals surface area contributed by atoms with Crippen LogP contribution in [0.3, 0.4) is 0 Å². The number of nitrogens with zero attached hydrogens (tertiary/aromatic N) is 2. The molecule has 1 heterocycles. The molecule has 0 aliphatic carbocycles. The third kappa shape index (κ3) is 5.28. The van der Waals surface area contributed by atoms with E-state index in [1.807, 2.05) is 13.8 Å². The highest BCUT2D eigenvalue weighted by Gasteiger charge is 2.32. The Balaban J connectivity index is 2.53. The van der Waals surface area contributed by atoms with Crippen molar-refractivity contribution in [2.75, 3.05) is 32.7 Å². The van der Waals surface area contributed by atoms with Crippen LogP contribution in [0.25, 0.3) is 0 Å². The molecule has 0 radical (unpaired) electrons. The second-order valence-electron chi connectivity index (χ2n) is 5.48. The van der Waals surface area contributed by atoms with Crippen LogP contribution >= 0.6 is 0 Å². The molecular weight excluding hydrogens is 271 g/mol. The largest absolute Gasteiger partial charge is 0.401 e. The van der Waals surface area contributed by atoms with Gasteiger partial charge in [0, 0.05) is 26.2 Å². The lowest BCUT2D eigenvalue weighted by molar-refractivity contribution is -0.145. The van der Waals surface area contributed by atoms with Crippen molar-refractivity contribution >= 4 is 5.91 Å². The van der Waals surface area contributed by atoms with Crippen LogP contribution in [0, 0.1) is 5.92 Å². The average molecular weight is 295 g/mol. The van der Waals surface area contributed by atoms with E-state index in [2.05, 4.69) is 0 Å². The van der Waals surface area contributed by atoms with E-state index in [1.54, 1.807) is 4.90 Å². The predicted octanol–water partition coefficient (Wildman–Crippen LogP) is 1.46. The number of alkyl halides is 3. The molecule has 2 atom stereocenters. The average Bonchev–Trinajstić information content (AvgIpc) is 2.59. The van der Waals surface area contributed by atoms with Crippen molar-refractivity contribution in [1.82, 2.24) is 9.80 Å². The quantitative estimate of drug-likeness (QED) is 0.854. The smallest absolute Gasteiger partial charge is 0.340 e. The van der Waals surface area contributed by atoms with Gasteiger partial charge in [0.05, 0.1) is 12.6 Å². The normalized spacial score (nSPS) is 21.4. The third-order valence-corrected chi connectivity index (χ3v) is 3.85. The zero-order valence-corrected chi connectivity index (χ0v) is 12.1. The monoisotopic (exact) mass is 295 g/mol. The highest BCUT2D eigenvalue weighted by molar-refractivity contribution is 5.82. The molecule has 118 valence electrons. The molecule has 1 aliphatic heterocycles. The molecular formula is C13H24F3N3O. The number of amides is 1. The van der Waals surface area contributed by atoms with Gasteiger partial charge in [-0.05, 0) is 12.3 Å². The van der Waals surface area contributed by atoms with Gasteiger partial charge < -0.3 is 10.6 Å². The van der Waals surface area contributed by atoms with Crippen LogP contribution in [-0.2, 0) is 4.79 Å². The fourth-order valence-corrected chi connectivity index (χ4v) is 2.31. The zero-order valence-electron chi connectivity index (χ0n) is 12.1. The number of hydrogen-bond donors (Lipinski definition) is 1. The molecule has 1 fully saturated rings. The summed E-state index contributed by atoms with van der Waals surface area (Å²) in [6.45, 7) is 4.38. The van der Waals surface area contributed by atoms with Gasteiger partial charge in [0.2, 0.25) is 5.91 Å². The third-order valence-electron chi connectivity index (χ3n) is 3.85. The van der Waals surface area contributed by atoms with E-state index in [0.717, 1.165) is 6.42 Å². The van der Waals surface area contributed by atoms with Gasteiger partial charge in [-0.2, -0.15) is 13.2 Å². The van der Waals surface area contributed by atoms with E-state index in [1.165, 1.54) is 4.90 Å². The Labute approximate surface area is 118 Å². The van der Waals surface area contributed by atoms with E-state index < -0.39 is 18.8 Å². The first-order chi connectivity index (χ1) is 9.24. The number of carbonyl (C=O) groups excluding carboxylic acids is 1. The van der Waals surface area contributed by atoms with Gasteiger partial charge in [-0.15, -0.1) is 0 Å². The molecule has 1 amide bonds. The first kappa shape index (κ1) is 17.2. The van der Waals surface area contributed by atoms with Crippen LogP contribution in [-0.4, -0.2) is 60.6 Å². The van der Waals surface area contributed by atoms with E-state index in [0.29, 0.717) is 26.1 Å². The number of carbonyl (C=O) groups is 1. The lowest BCUT2D eigenvalue weighted by atomic mass is 9.99. The molecule has 2 unspecified atom stereocenters. The molecule has 20 heavy (non-hydrogen) atoms. The van der Waals surface area contributed by atoms with E-state index >= 15 is 0 Å². The second-order valence-corrected chi connectivity index (χ2v) is 5.48. The van der Waals surface area contributed by atoms with Crippen LogP contribution in [0.2, 0.25) is 0 Å². The summed E-state index contributed by atoms with van der Waals surface area (Å²) in [5.41, 5.74) is 5.90. The minimum Gasteiger partial charge on any atom is -0.340 e. The molecule has 1 saturated heterocycles. The molecule has 0 aromatic rings. The van der Waals surface area contributed by atoms with Crippen molar-refractivity contribution in [3.63, 3.8) is 0 Å². The van der Waals surface area contributed by atoms with Gasteiger partial charge >= 0.3 is 6.18 Å². The molecule has 1 aliphatic rings. The topological polar surface area (TPSA) is 49.6 Å². The Bertz CT molecular complexity index is 322. The number of rotatable bonds is 4. The van der Waals surface area contributed by atoms with Crippen molar-refractivity contribution in [3.8, 4) is 0 Å². The van der Waals surface area contributed by atoms with Crippen LogP contribution in [0.5, 0.6) is 0 Å². The standard InChI is InChI=1S/C13H24F3N3O/c1-3-10(2)11(17)12(20)19-6-4-5-18(7-8-19)9-13(14,15)16/h10-11H,3-9,17H2,1-2H3. The van der Waals surface area contributed by atoms with Gasteiger partial charge in [0.15, 0.2) is 0 Å². The summed E-state index contributed by atoms with van der Waals surface area (Å²) < 4.78 is 37.1. The first-order valence-electron chi connectivity index (χ1n) is 7.08. The molecule has 0 aromatic heterocycles. The summed E-state index contributed by atoms with van der Waals surface area (Å²) in [6, 6.07) is -0.561. The molecule has 0 bridgehead atoms. The van der Waals surface area contributed by atoms with E-state index in [-0.39, 0.29) is 18.4 Å². The number of hydrogen-bond acceptors (Lipinski definition) is 3. The lowest BCUT2D eigenvalue weighted by Gasteiger charge is -2.27. The minimum absolute atomic E-state index is 0.0806. The maximum Gasteiger partial charge on any atom is 0.401 e. The highest BCUT2D eigenvalue weighted by atomic mass is 19.4. The highest BCUT2D eigenvalue weighted by Crippen LogP contribution is 2.18. The Morgan fingerprint density at radius 2 is 1.90 bits per heavy atom. The fraction of sp³-hybridized carbons (Fsp3) is 0.923. The van der Waals surface area contributed by atoms with E-state index in [4.69, 9.17) is 5.73 Å². The van der Waals surface area contributed by atoms with Crippen molar-refractivity contribution in [3.05, 3.63) is 0 Å². The summed E-state index contributed by atoms with van der Waals surface area (Å²) in [4.78, 5) is 15.2. The summed E-state index contributed by atoms with van der Waals surface area (Å²) in [5, 5.41) is 0. The Hall–Kier alpha value is -0.820. The second kappa shape index (κ2) is 7.26. The molecule has 2 N–H and O–H groups in total. The van der Waals surface area contributed by atoms with Crippen molar-refractivity contribution in [2.24, 2.45) is 11.7 Å². The predicted molar refractivity (Wildman–Crippen MR) is 71.1 cm³/mol. The van der Waals surface area contributed by atoms with Crippen LogP contribution in [0.1, 0.15) is 26.7 Å². The summed E-state index contributed by atoms with van der Waals surface area (Å²) in [7, 11) is 0. The molecule has 0 spiro atoms. The van der Waals surface area contributed by atoms with Gasteiger partial charge in [0.25, 0.3) is 0 Å². The van der Waals surface area contributed by atoms with Gasteiger partial charge in [-0.1, -0.05) is 20.3 Å². The Kier molecular flexibility index (Phi) is 6.26. The number of nitrogens with two attached hydrogens (primary N) is 1. The first-order valence-corrected chi connectivity index (χ1v) is 7.08. The van der Waals surface area contributed by atoms with Gasteiger partial charge in [-0.3, -0.25) is 9.69 Å². The molecule has 4 nitrogen and oxygen atoms in total. The van der Waals surface area contributed by atoms with Crippen LogP contribution in [0.4, 0.5) is 13.2 Å². The molecule has 0 saturated carbocycles. The van der Waals surface area contributed by atoms with Crippen LogP contribution < -0.4 is 5.73 Å². The number of halogens is 3. The summed E-state index contributed by atoms with van der Waals surface area (Å²) in [6.07, 6.45) is -2.83. The molecule has 0 aromatic carbocycles. The molecule has 7 heteroatoms. The van der Waals surface area contributed by atoms with Crippen LogP contribution in [0.15, 0.2) is 0 Å². The van der Waals surface area contributed by atoms with Crippen molar-refractivity contribution in [2.45, 2.75) is 38.9 Å².